The number of anilines is 1. The maximum atomic E-state index is 13.6. The van der Waals surface area contributed by atoms with Crippen molar-refractivity contribution in [3.05, 3.63) is 59.7 Å². The lowest BCUT2D eigenvalue weighted by atomic mass is 10.0. The Hall–Kier alpha value is -2.96. The zero-order valence-electron chi connectivity index (χ0n) is 13.8. The normalized spacial score (nSPS) is 21.2. The Morgan fingerprint density at radius 3 is 3.04 bits per heavy atom. The van der Waals surface area contributed by atoms with Crippen LogP contribution in [-0.2, 0) is 0 Å². The van der Waals surface area contributed by atoms with Gasteiger partial charge < -0.3 is 10.6 Å². The second kappa shape index (κ2) is 5.59. The first-order chi connectivity index (χ1) is 12.0. The van der Waals surface area contributed by atoms with Crippen LogP contribution >= 0.6 is 0 Å². The van der Waals surface area contributed by atoms with Crippen molar-refractivity contribution < 1.29 is 10.6 Å². The van der Waals surface area contributed by atoms with Crippen molar-refractivity contribution in [2.75, 3.05) is 11.4 Å². The van der Waals surface area contributed by atoms with Gasteiger partial charge in [-0.2, -0.15) is 0 Å². The van der Waals surface area contributed by atoms with Crippen LogP contribution < -0.4 is 10.6 Å². The molecule has 1 fully saturated rings. The maximum Gasteiger partial charge on any atom is 0.269 e. The highest BCUT2D eigenvalue weighted by Gasteiger charge is 2.28. The first-order valence-corrected chi connectivity index (χ1v) is 7.67. The van der Waals surface area contributed by atoms with Crippen LogP contribution in [0.25, 0.3) is 5.65 Å². The minimum absolute atomic E-state index is 0.178. The van der Waals surface area contributed by atoms with Gasteiger partial charge in [0.25, 0.3) is 5.91 Å². The summed E-state index contributed by atoms with van der Waals surface area (Å²) < 4.78 is 23.9. The van der Waals surface area contributed by atoms with Crippen LogP contribution in [0.4, 0.5) is 10.2 Å². The number of benzene rings is 1. The molecule has 1 aliphatic heterocycles. The van der Waals surface area contributed by atoms with Gasteiger partial charge in [-0.05, 0) is 42.7 Å². The number of primary amides is 1. The number of nitrogens with two attached hydrogens (primary N) is 1. The van der Waals surface area contributed by atoms with Crippen molar-refractivity contribution >= 4 is 17.4 Å². The fourth-order valence-electron chi connectivity index (χ4n) is 3.07. The van der Waals surface area contributed by atoms with E-state index in [4.69, 9.17) is 7.10 Å². The molecule has 0 aliphatic carbocycles. The lowest BCUT2D eigenvalue weighted by Gasteiger charge is -2.26. The van der Waals surface area contributed by atoms with Gasteiger partial charge in [-0.1, -0.05) is 12.1 Å². The molecule has 24 heavy (non-hydrogen) atoms. The SMILES string of the molecule is [2H][C@]1(c2cccc(F)c2)CCCN1c1ccc2ncc(C(N)=O)n2n1. The molecule has 0 bridgehead atoms. The average molecular weight is 326 g/mol. The minimum Gasteiger partial charge on any atom is -0.364 e. The molecule has 3 aromatic rings. The van der Waals surface area contributed by atoms with Gasteiger partial charge in [0.05, 0.1) is 13.6 Å². The topological polar surface area (TPSA) is 76.5 Å². The summed E-state index contributed by atoms with van der Waals surface area (Å²) in [6, 6.07) is 8.46. The molecule has 0 radical (unpaired) electrons. The summed E-state index contributed by atoms with van der Waals surface area (Å²) in [5, 5.41) is 4.45. The highest BCUT2D eigenvalue weighted by molar-refractivity contribution is 5.91. The number of imidazole rings is 1. The second-order valence-electron chi connectivity index (χ2n) is 5.68. The third-order valence-corrected chi connectivity index (χ3v) is 4.16. The van der Waals surface area contributed by atoms with E-state index in [1.807, 2.05) is 4.90 Å². The molecule has 2 aromatic heterocycles. The molecule has 1 amide bonds. The number of aromatic nitrogens is 3. The lowest BCUT2D eigenvalue weighted by molar-refractivity contribution is 0.0993. The van der Waals surface area contributed by atoms with Crippen molar-refractivity contribution in [3.63, 3.8) is 0 Å². The molecule has 1 atom stereocenters. The number of amides is 1. The minimum atomic E-state index is -1.11. The molecule has 1 aliphatic rings. The summed E-state index contributed by atoms with van der Waals surface area (Å²) in [5.41, 5.74) is 6.61. The van der Waals surface area contributed by atoms with Crippen LogP contribution in [0.3, 0.4) is 0 Å². The number of halogens is 1. The number of rotatable bonds is 3. The fraction of sp³-hybridized carbons (Fsp3) is 0.235. The number of carbonyl (C=O) groups excluding carboxylic acids is 1. The molecule has 2 N–H and O–H groups in total. The number of hydrogen-bond donors (Lipinski definition) is 1. The van der Waals surface area contributed by atoms with Crippen LogP contribution in [0.1, 0.15) is 36.3 Å². The summed E-state index contributed by atoms with van der Waals surface area (Å²) in [6.07, 6.45) is 2.72. The van der Waals surface area contributed by atoms with Crippen LogP contribution in [0.5, 0.6) is 0 Å². The monoisotopic (exact) mass is 326 g/mol. The van der Waals surface area contributed by atoms with E-state index in [0.29, 0.717) is 30.0 Å². The molecule has 1 aromatic carbocycles. The first-order valence-electron chi connectivity index (χ1n) is 8.17. The molecule has 6 nitrogen and oxygen atoms in total. The predicted molar refractivity (Wildman–Crippen MR) is 87.2 cm³/mol. The lowest BCUT2D eigenvalue weighted by Crippen LogP contribution is -2.25. The Bertz CT molecular complexity index is 975. The smallest absolute Gasteiger partial charge is 0.269 e. The predicted octanol–water partition coefficient (Wildman–Crippen LogP) is 2.31. The molecular weight excluding hydrogens is 309 g/mol. The van der Waals surface area contributed by atoms with Crippen LogP contribution in [0.15, 0.2) is 42.6 Å². The Balaban J connectivity index is 1.81. The van der Waals surface area contributed by atoms with Gasteiger partial charge in [-0.15, -0.1) is 5.10 Å². The molecule has 0 spiro atoms. The number of nitrogens with zero attached hydrogens (tertiary/aromatic N) is 4. The van der Waals surface area contributed by atoms with E-state index >= 15 is 0 Å². The molecule has 122 valence electrons. The highest BCUT2D eigenvalue weighted by atomic mass is 19.1. The first kappa shape index (κ1) is 13.5. The van der Waals surface area contributed by atoms with Gasteiger partial charge in [-0.25, -0.2) is 13.9 Å². The standard InChI is InChI=1S/C17H16FN5O/c18-12-4-1-3-11(9-12)13-5-2-8-22(13)16-7-6-15-20-10-14(17(19)24)23(15)21-16/h1,3-4,6-7,9-10,13H,2,5,8H2,(H2,19,24)/t13-/m1/s1/i13D. The fourth-order valence-corrected chi connectivity index (χ4v) is 3.07. The number of hydrogen-bond acceptors (Lipinski definition) is 4. The third kappa shape index (κ3) is 2.38. The van der Waals surface area contributed by atoms with Gasteiger partial charge in [0, 0.05) is 6.54 Å². The molecular formula is C17H16FN5O. The Labute approximate surface area is 139 Å². The Morgan fingerprint density at radius 1 is 1.38 bits per heavy atom. The van der Waals surface area contributed by atoms with E-state index in [2.05, 4.69) is 10.1 Å². The maximum absolute atomic E-state index is 13.6. The van der Waals surface area contributed by atoms with Crippen molar-refractivity contribution in [1.29, 1.82) is 0 Å². The van der Waals surface area contributed by atoms with Crippen molar-refractivity contribution in [3.8, 4) is 0 Å². The Kier molecular flexibility index (Phi) is 3.14. The molecule has 1 saturated heterocycles. The number of fused-ring (bicyclic) bond motifs is 1. The number of carbonyl (C=O) groups is 1. The van der Waals surface area contributed by atoms with Crippen molar-refractivity contribution in [2.24, 2.45) is 5.73 Å². The van der Waals surface area contributed by atoms with Crippen molar-refractivity contribution in [1.82, 2.24) is 14.6 Å². The van der Waals surface area contributed by atoms with Gasteiger partial charge in [0.15, 0.2) is 5.65 Å². The van der Waals surface area contributed by atoms with E-state index in [9.17, 15) is 9.18 Å². The molecule has 0 saturated carbocycles. The van der Waals surface area contributed by atoms with Gasteiger partial charge in [0.2, 0.25) is 0 Å². The zero-order chi connectivity index (χ0) is 17.6. The largest absolute Gasteiger partial charge is 0.364 e. The summed E-state index contributed by atoms with van der Waals surface area (Å²) in [4.78, 5) is 17.4. The highest BCUT2D eigenvalue weighted by Crippen LogP contribution is 2.35. The molecule has 0 unspecified atom stereocenters. The molecule has 7 heteroatoms. The van der Waals surface area contributed by atoms with E-state index in [0.717, 1.165) is 6.42 Å². The summed E-state index contributed by atoms with van der Waals surface area (Å²) in [7, 11) is 0. The van der Waals surface area contributed by atoms with Crippen LogP contribution in [0.2, 0.25) is 0 Å². The molecule has 3 heterocycles. The van der Waals surface area contributed by atoms with E-state index < -0.39 is 11.9 Å². The van der Waals surface area contributed by atoms with Gasteiger partial charge in [0.1, 0.15) is 17.3 Å². The quantitative estimate of drug-likeness (QED) is 0.801. The Morgan fingerprint density at radius 2 is 2.25 bits per heavy atom. The average Bonchev–Trinajstić information content (AvgIpc) is 3.18. The summed E-state index contributed by atoms with van der Waals surface area (Å²) in [5.74, 6) is -0.476. The second-order valence-corrected chi connectivity index (χ2v) is 5.68. The summed E-state index contributed by atoms with van der Waals surface area (Å²) in [6.45, 7) is 0.610. The molecule has 4 rings (SSSR count). The van der Waals surface area contributed by atoms with E-state index in [1.165, 1.54) is 22.8 Å². The third-order valence-electron chi connectivity index (χ3n) is 4.16. The van der Waals surface area contributed by atoms with Gasteiger partial charge in [-0.3, -0.25) is 4.79 Å². The van der Waals surface area contributed by atoms with E-state index in [-0.39, 0.29) is 11.5 Å². The van der Waals surface area contributed by atoms with E-state index in [1.54, 1.807) is 24.3 Å². The van der Waals surface area contributed by atoms with Crippen LogP contribution in [0, 0.1) is 5.82 Å². The van der Waals surface area contributed by atoms with Gasteiger partial charge >= 0.3 is 0 Å². The zero-order valence-corrected chi connectivity index (χ0v) is 12.8. The van der Waals surface area contributed by atoms with Crippen LogP contribution in [-0.4, -0.2) is 27.0 Å². The summed E-state index contributed by atoms with van der Waals surface area (Å²) >= 11 is 0. The van der Waals surface area contributed by atoms with Crippen molar-refractivity contribution in [2.45, 2.75) is 18.9 Å².